The number of imide groups is 1. The summed E-state index contributed by atoms with van der Waals surface area (Å²) < 4.78 is 0. The third kappa shape index (κ3) is 3.70. The van der Waals surface area contributed by atoms with Crippen LogP contribution >= 0.6 is 0 Å². The molecule has 4 rings (SSSR count). The first-order valence-corrected chi connectivity index (χ1v) is 9.31. The molecule has 0 saturated carbocycles. The highest BCUT2D eigenvalue weighted by Gasteiger charge is 2.41. The molecule has 2 fully saturated rings. The van der Waals surface area contributed by atoms with Gasteiger partial charge in [-0.3, -0.25) is 19.8 Å². The largest absolute Gasteiger partial charge is 0.299 e. The van der Waals surface area contributed by atoms with Crippen LogP contribution < -0.4 is 5.32 Å². The number of carbonyl (C=O) groups is 2. The van der Waals surface area contributed by atoms with E-state index in [2.05, 4.69) is 58.7 Å². The minimum Gasteiger partial charge on any atom is -0.299 e. The number of nitrogens with one attached hydrogen (secondary N) is 1. The fraction of sp³-hybridized carbons (Fsp3) is 0.364. The minimum atomic E-state index is -0.105. The van der Waals surface area contributed by atoms with Gasteiger partial charge in [0.2, 0.25) is 11.8 Å². The molecular weight excluding hydrogens is 324 g/mol. The van der Waals surface area contributed by atoms with E-state index in [1.165, 1.54) is 16.7 Å². The van der Waals surface area contributed by atoms with E-state index >= 15 is 0 Å². The molecule has 0 aromatic heterocycles. The normalized spacial score (nSPS) is 20.2. The zero-order valence-corrected chi connectivity index (χ0v) is 14.9. The maximum atomic E-state index is 11.7. The number of rotatable bonds is 3. The van der Waals surface area contributed by atoms with E-state index < -0.39 is 0 Å². The number of nitrogens with zero attached hydrogens (tertiary/aromatic N) is 1. The summed E-state index contributed by atoms with van der Waals surface area (Å²) in [5.74, 6) is -0.211. The Bertz CT molecular complexity index is 773. The third-order valence-electron chi connectivity index (χ3n) is 5.73. The van der Waals surface area contributed by atoms with Crippen LogP contribution in [0.4, 0.5) is 0 Å². The van der Waals surface area contributed by atoms with Crippen LogP contribution in [0.1, 0.15) is 31.2 Å². The van der Waals surface area contributed by atoms with E-state index in [4.69, 9.17) is 0 Å². The Morgan fingerprint density at radius 1 is 0.808 bits per heavy atom. The lowest BCUT2D eigenvalue weighted by atomic mass is 9.71. The van der Waals surface area contributed by atoms with E-state index in [1.54, 1.807) is 0 Å². The number of hydrogen-bond acceptors (Lipinski definition) is 3. The van der Waals surface area contributed by atoms with Crippen molar-refractivity contribution in [1.29, 1.82) is 0 Å². The monoisotopic (exact) mass is 348 g/mol. The quantitative estimate of drug-likeness (QED) is 0.865. The summed E-state index contributed by atoms with van der Waals surface area (Å²) in [6.07, 6.45) is 2.85. The van der Waals surface area contributed by atoms with Gasteiger partial charge in [-0.15, -0.1) is 0 Å². The Kier molecular flexibility index (Phi) is 4.60. The molecule has 2 aliphatic heterocycles. The maximum absolute atomic E-state index is 11.7. The van der Waals surface area contributed by atoms with Gasteiger partial charge >= 0.3 is 0 Å². The molecule has 0 radical (unpaired) electrons. The molecular formula is C22H24N2O2. The van der Waals surface area contributed by atoms with Crippen molar-refractivity contribution < 1.29 is 9.59 Å². The average Bonchev–Trinajstić information content (AvgIpc) is 2.64. The standard InChI is InChI=1S/C22H24N2O2/c25-20-14-22(15-21(26)23-20)10-12-24(13-11-22)16-17-6-8-19(9-7-17)18-4-2-1-3-5-18/h1-9H,10-16H2,(H,23,25,26). The lowest BCUT2D eigenvalue weighted by Crippen LogP contribution is -2.49. The molecule has 1 spiro atoms. The number of amides is 2. The number of hydrogen-bond donors (Lipinski definition) is 1. The van der Waals surface area contributed by atoms with Crippen molar-refractivity contribution in [2.24, 2.45) is 5.41 Å². The Morgan fingerprint density at radius 3 is 2.00 bits per heavy atom. The van der Waals surface area contributed by atoms with Crippen LogP contribution in [0.15, 0.2) is 54.6 Å². The van der Waals surface area contributed by atoms with Crippen LogP contribution in [-0.4, -0.2) is 29.8 Å². The second-order valence-electron chi connectivity index (χ2n) is 7.66. The predicted molar refractivity (Wildman–Crippen MR) is 101 cm³/mol. The van der Waals surface area contributed by atoms with E-state index in [9.17, 15) is 9.59 Å². The van der Waals surface area contributed by atoms with Crippen LogP contribution in [0.5, 0.6) is 0 Å². The van der Waals surface area contributed by atoms with Crippen molar-refractivity contribution in [2.75, 3.05) is 13.1 Å². The van der Waals surface area contributed by atoms with Crippen LogP contribution in [0, 0.1) is 5.41 Å². The smallest absolute Gasteiger partial charge is 0.227 e. The van der Waals surface area contributed by atoms with Gasteiger partial charge < -0.3 is 0 Å². The van der Waals surface area contributed by atoms with Gasteiger partial charge in [0.15, 0.2) is 0 Å². The number of piperidine rings is 2. The Balaban J connectivity index is 1.36. The molecule has 1 N–H and O–H groups in total. The number of carbonyl (C=O) groups excluding carboxylic acids is 2. The van der Waals surface area contributed by atoms with Gasteiger partial charge in [-0.05, 0) is 48.0 Å². The molecule has 134 valence electrons. The summed E-state index contributed by atoms with van der Waals surface area (Å²) >= 11 is 0. The van der Waals surface area contributed by atoms with E-state index in [0.717, 1.165) is 32.5 Å². The molecule has 2 saturated heterocycles. The van der Waals surface area contributed by atoms with Gasteiger partial charge in [-0.25, -0.2) is 0 Å². The van der Waals surface area contributed by atoms with Crippen LogP contribution in [0.3, 0.4) is 0 Å². The summed E-state index contributed by atoms with van der Waals surface area (Å²) in [5.41, 5.74) is 3.67. The fourth-order valence-electron chi connectivity index (χ4n) is 4.22. The Morgan fingerprint density at radius 2 is 1.38 bits per heavy atom. The molecule has 2 heterocycles. The molecule has 4 heteroatoms. The van der Waals surface area contributed by atoms with Gasteiger partial charge in [-0.1, -0.05) is 54.6 Å². The van der Waals surface area contributed by atoms with E-state index in [-0.39, 0.29) is 17.2 Å². The molecule has 2 aromatic rings. The molecule has 0 bridgehead atoms. The van der Waals surface area contributed by atoms with Gasteiger partial charge in [0, 0.05) is 19.4 Å². The second-order valence-corrected chi connectivity index (χ2v) is 7.66. The van der Waals surface area contributed by atoms with Crippen LogP contribution in [0.2, 0.25) is 0 Å². The van der Waals surface area contributed by atoms with Crippen molar-refractivity contribution in [3.63, 3.8) is 0 Å². The molecule has 2 amide bonds. The average molecular weight is 348 g/mol. The summed E-state index contributed by atoms with van der Waals surface area (Å²) in [5, 5.41) is 2.43. The molecule has 0 aliphatic carbocycles. The van der Waals surface area contributed by atoms with Gasteiger partial charge in [0.1, 0.15) is 0 Å². The summed E-state index contributed by atoms with van der Waals surface area (Å²) in [6, 6.07) is 19.2. The lowest BCUT2D eigenvalue weighted by Gasteiger charge is -2.43. The predicted octanol–water partition coefficient (Wildman–Crippen LogP) is 3.37. The number of likely N-dealkylation sites (tertiary alicyclic amines) is 1. The van der Waals surface area contributed by atoms with E-state index in [1.807, 2.05) is 6.07 Å². The maximum Gasteiger partial charge on any atom is 0.227 e. The molecule has 2 aliphatic rings. The topological polar surface area (TPSA) is 49.4 Å². The van der Waals surface area contributed by atoms with Gasteiger partial charge in [0.05, 0.1) is 0 Å². The highest BCUT2D eigenvalue weighted by Crippen LogP contribution is 2.40. The first-order chi connectivity index (χ1) is 12.6. The second kappa shape index (κ2) is 7.04. The fourth-order valence-corrected chi connectivity index (χ4v) is 4.22. The van der Waals surface area contributed by atoms with Crippen molar-refractivity contribution in [2.45, 2.75) is 32.2 Å². The summed E-state index contributed by atoms with van der Waals surface area (Å²) in [4.78, 5) is 25.9. The molecule has 2 aromatic carbocycles. The first kappa shape index (κ1) is 17.0. The zero-order chi connectivity index (χ0) is 18.0. The first-order valence-electron chi connectivity index (χ1n) is 9.31. The van der Waals surface area contributed by atoms with Crippen LogP contribution in [0.25, 0.3) is 11.1 Å². The highest BCUT2D eigenvalue weighted by atomic mass is 16.2. The molecule has 0 atom stereocenters. The Labute approximate surface area is 154 Å². The van der Waals surface area contributed by atoms with Crippen molar-refractivity contribution >= 4 is 11.8 Å². The molecule has 26 heavy (non-hydrogen) atoms. The minimum absolute atomic E-state index is 0.104. The van der Waals surface area contributed by atoms with Gasteiger partial charge in [-0.2, -0.15) is 0 Å². The lowest BCUT2D eigenvalue weighted by molar-refractivity contribution is -0.139. The SMILES string of the molecule is O=C1CC2(CCN(Cc3ccc(-c4ccccc4)cc3)CC2)CC(=O)N1. The number of benzene rings is 2. The van der Waals surface area contributed by atoms with Crippen molar-refractivity contribution in [1.82, 2.24) is 10.2 Å². The van der Waals surface area contributed by atoms with Crippen LogP contribution in [-0.2, 0) is 16.1 Å². The van der Waals surface area contributed by atoms with E-state index in [0.29, 0.717) is 12.8 Å². The molecule has 4 nitrogen and oxygen atoms in total. The third-order valence-corrected chi connectivity index (χ3v) is 5.73. The van der Waals surface area contributed by atoms with Crippen molar-refractivity contribution in [3.05, 3.63) is 60.2 Å². The summed E-state index contributed by atoms with van der Waals surface area (Å²) in [7, 11) is 0. The summed E-state index contributed by atoms with van der Waals surface area (Å²) in [6.45, 7) is 2.81. The zero-order valence-electron chi connectivity index (χ0n) is 14.9. The highest BCUT2D eigenvalue weighted by molar-refractivity contribution is 5.98. The van der Waals surface area contributed by atoms with Gasteiger partial charge in [0.25, 0.3) is 0 Å². The molecule has 0 unspecified atom stereocenters. The Hall–Kier alpha value is -2.46. The van der Waals surface area contributed by atoms with Crippen molar-refractivity contribution in [3.8, 4) is 11.1 Å².